The van der Waals surface area contributed by atoms with Crippen molar-refractivity contribution < 1.29 is 19.7 Å². The maximum absolute atomic E-state index is 11.5. The van der Waals surface area contributed by atoms with Gasteiger partial charge in [0.25, 0.3) is 0 Å². The Labute approximate surface area is 138 Å². The van der Waals surface area contributed by atoms with Gasteiger partial charge in [-0.15, -0.1) is 0 Å². The first-order valence-corrected chi connectivity index (χ1v) is 8.21. The van der Waals surface area contributed by atoms with Crippen molar-refractivity contribution in [3.63, 3.8) is 0 Å². The number of phenols is 1. The van der Waals surface area contributed by atoms with Gasteiger partial charge in [-0.25, -0.2) is 0 Å². The molecule has 0 aliphatic carbocycles. The molecule has 0 aliphatic heterocycles. The summed E-state index contributed by atoms with van der Waals surface area (Å²) in [5.74, 6) is -0.119. The van der Waals surface area contributed by atoms with Gasteiger partial charge in [-0.3, -0.25) is 4.79 Å². The smallest absolute Gasteiger partial charge is 0.310 e. The monoisotopic (exact) mass is 323 g/mol. The van der Waals surface area contributed by atoms with E-state index in [0.717, 1.165) is 18.4 Å². The van der Waals surface area contributed by atoms with Gasteiger partial charge in [0.05, 0.1) is 12.5 Å². The summed E-state index contributed by atoms with van der Waals surface area (Å²) >= 11 is 0. The molecule has 1 rings (SSSR count). The van der Waals surface area contributed by atoms with Crippen LogP contribution in [0.25, 0.3) is 0 Å². The molecular formula is C18H29NO4. The number of phenolic OH excluding ortho intramolecular Hbond substituents is 1. The van der Waals surface area contributed by atoms with Crippen LogP contribution in [-0.4, -0.2) is 35.9 Å². The van der Waals surface area contributed by atoms with Gasteiger partial charge in [-0.1, -0.05) is 19.9 Å². The lowest BCUT2D eigenvalue weighted by Crippen LogP contribution is -2.43. The Kier molecular flexibility index (Phi) is 7.36. The molecule has 5 nitrogen and oxygen atoms in total. The lowest BCUT2D eigenvalue weighted by molar-refractivity contribution is -0.149. The molecule has 0 spiro atoms. The van der Waals surface area contributed by atoms with Gasteiger partial charge >= 0.3 is 5.97 Å². The Morgan fingerprint density at radius 1 is 1.35 bits per heavy atom. The van der Waals surface area contributed by atoms with Gasteiger partial charge in [0.2, 0.25) is 0 Å². The number of rotatable bonds is 10. The summed E-state index contributed by atoms with van der Waals surface area (Å²) in [6, 6.07) is 5.61. The zero-order chi connectivity index (χ0) is 17.5. The van der Waals surface area contributed by atoms with Crippen LogP contribution in [0.5, 0.6) is 11.5 Å². The fourth-order valence-corrected chi connectivity index (χ4v) is 2.62. The molecule has 0 saturated carbocycles. The van der Waals surface area contributed by atoms with Crippen LogP contribution in [-0.2, 0) is 11.2 Å². The number of carboxylic acid groups (broad SMARTS) is 1. The largest absolute Gasteiger partial charge is 0.504 e. The maximum atomic E-state index is 11.5. The number of aromatic hydroxyl groups is 1. The van der Waals surface area contributed by atoms with Gasteiger partial charge in [0.1, 0.15) is 0 Å². The van der Waals surface area contributed by atoms with Crippen LogP contribution < -0.4 is 10.1 Å². The zero-order valence-corrected chi connectivity index (χ0v) is 14.6. The van der Waals surface area contributed by atoms with Crippen LogP contribution in [0.15, 0.2) is 18.2 Å². The van der Waals surface area contributed by atoms with Crippen molar-refractivity contribution in [3.05, 3.63) is 23.8 Å². The predicted octanol–water partition coefficient (Wildman–Crippen LogP) is 3.20. The van der Waals surface area contributed by atoms with Crippen LogP contribution in [0.1, 0.15) is 45.6 Å². The van der Waals surface area contributed by atoms with E-state index in [0.29, 0.717) is 25.1 Å². The molecule has 0 saturated heterocycles. The van der Waals surface area contributed by atoms with E-state index in [4.69, 9.17) is 4.74 Å². The molecule has 0 aromatic heterocycles. The summed E-state index contributed by atoms with van der Waals surface area (Å²) in [6.07, 6.45) is 2.91. The average Bonchev–Trinajstić information content (AvgIpc) is 2.54. The first kappa shape index (κ1) is 19.3. The molecule has 0 radical (unpaired) electrons. The van der Waals surface area contributed by atoms with Crippen molar-refractivity contribution in [2.45, 2.75) is 52.5 Å². The van der Waals surface area contributed by atoms with Crippen LogP contribution in [0.2, 0.25) is 0 Å². The maximum Gasteiger partial charge on any atom is 0.310 e. The molecule has 1 aromatic carbocycles. The van der Waals surface area contributed by atoms with Crippen LogP contribution in [0.3, 0.4) is 0 Å². The highest BCUT2D eigenvalue weighted by Gasteiger charge is 2.34. The number of nitrogens with one attached hydrogen (secondary N) is 1. The van der Waals surface area contributed by atoms with Crippen LogP contribution in [0.4, 0.5) is 0 Å². The Morgan fingerprint density at radius 3 is 2.48 bits per heavy atom. The number of hydrogen-bond donors (Lipinski definition) is 3. The Bertz CT molecular complexity index is 512. The molecule has 0 heterocycles. The van der Waals surface area contributed by atoms with Gasteiger partial charge in [-0.2, -0.15) is 0 Å². The summed E-state index contributed by atoms with van der Waals surface area (Å²) in [5.41, 5.74) is 0.347. The number of ether oxygens (including phenoxy) is 1. The molecule has 0 aliphatic rings. The molecule has 0 amide bonds. The third-order valence-corrected chi connectivity index (χ3v) is 4.71. The van der Waals surface area contributed by atoms with Gasteiger partial charge in [0.15, 0.2) is 11.5 Å². The minimum atomic E-state index is -0.734. The van der Waals surface area contributed by atoms with Gasteiger partial charge in [0, 0.05) is 12.6 Å². The minimum absolute atomic E-state index is 0.146. The first-order valence-electron chi connectivity index (χ1n) is 8.21. The third-order valence-electron chi connectivity index (χ3n) is 4.71. The van der Waals surface area contributed by atoms with E-state index in [1.807, 2.05) is 19.9 Å². The second-order valence-electron chi connectivity index (χ2n) is 6.12. The van der Waals surface area contributed by atoms with E-state index in [2.05, 4.69) is 12.2 Å². The molecule has 3 N–H and O–H groups in total. The second-order valence-corrected chi connectivity index (χ2v) is 6.12. The molecule has 130 valence electrons. The molecule has 23 heavy (non-hydrogen) atoms. The standard InChI is InChI=1S/C18H29NO4/c1-5-18(6-2,17(21)22)12-19-13(3)7-8-14-9-10-16(23-4)15(20)11-14/h9-11,13,19-20H,5-8,12H2,1-4H3,(H,21,22). The second kappa shape index (κ2) is 8.77. The molecule has 1 aromatic rings. The fourth-order valence-electron chi connectivity index (χ4n) is 2.62. The summed E-state index contributed by atoms with van der Waals surface area (Å²) in [4.78, 5) is 11.5. The van der Waals surface area contributed by atoms with E-state index in [1.165, 1.54) is 7.11 Å². The topological polar surface area (TPSA) is 78.8 Å². The summed E-state index contributed by atoms with van der Waals surface area (Å²) in [6.45, 7) is 6.37. The number of methoxy groups -OCH3 is 1. The number of benzene rings is 1. The number of carbonyl (C=O) groups is 1. The summed E-state index contributed by atoms with van der Waals surface area (Å²) in [7, 11) is 1.52. The Balaban J connectivity index is 2.52. The van der Waals surface area contributed by atoms with E-state index in [1.54, 1.807) is 12.1 Å². The lowest BCUT2D eigenvalue weighted by Gasteiger charge is -2.29. The highest BCUT2D eigenvalue weighted by Crippen LogP contribution is 2.27. The van der Waals surface area contributed by atoms with Crippen molar-refractivity contribution in [3.8, 4) is 11.5 Å². The van der Waals surface area contributed by atoms with Crippen LogP contribution >= 0.6 is 0 Å². The fraction of sp³-hybridized carbons (Fsp3) is 0.611. The van der Waals surface area contributed by atoms with Crippen molar-refractivity contribution in [2.75, 3.05) is 13.7 Å². The van der Waals surface area contributed by atoms with E-state index < -0.39 is 11.4 Å². The molecule has 0 fully saturated rings. The first-order chi connectivity index (χ1) is 10.9. The molecule has 0 bridgehead atoms. The van der Waals surface area contributed by atoms with Gasteiger partial charge < -0.3 is 20.3 Å². The third kappa shape index (κ3) is 5.13. The number of hydrogen-bond acceptors (Lipinski definition) is 4. The van der Waals surface area contributed by atoms with Gasteiger partial charge in [-0.05, 0) is 50.3 Å². The van der Waals surface area contributed by atoms with Crippen molar-refractivity contribution in [1.82, 2.24) is 5.32 Å². The number of aliphatic carboxylic acids is 1. The highest BCUT2D eigenvalue weighted by atomic mass is 16.5. The Morgan fingerprint density at radius 2 is 2.00 bits per heavy atom. The van der Waals surface area contributed by atoms with Crippen molar-refractivity contribution >= 4 is 5.97 Å². The minimum Gasteiger partial charge on any atom is -0.504 e. The predicted molar refractivity (Wildman–Crippen MR) is 91.1 cm³/mol. The van der Waals surface area contributed by atoms with E-state index >= 15 is 0 Å². The highest BCUT2D eigenvalue weighted by molar-refractivity contribution is 5.74. The molecule has 1 unspecified atom stereocenters. The van der Waals surface area contributed by atoms with E-state index in [-0.39, 0.29) is 11.8 Å². The van der Waals surface area contributed by atoms with Crippen LogP contribution in [0, 0.1) is 5.41 Å². The average molecular weight is 323 g/mol. The lowest BCUT2D eigenvalue weighted by atomic mass is 9.82. The summed E-state index contributed by atoms with van der Waals surface area (Å²) < 4.78 is 5.03. The molecule has 1 atom stereocenters. The quantitative estimate of drug-likeness (QED) is 0.616. The number of carboxylic acids is 1. The Hall–Kier alpha value is -1.75. The molecule has 5 heteroatoms. The van der Waals surface area contributed by atoms with Crippen molar-refractivity contribution in [1.29, 1.82) is 0 Å². The zero-order valence-electron chi connectivity index (χ0n) is 14.6. The SMILES string of the molecule is CCC(CC)(CNC(C)CCc1ccc(OC)c(O)c1)C(=O)O. The number of aryl methyl sites for hydroxylation is 1. The summed E-state index contributed by atoms with van der Waals surface area (Å²) in [5, 5.41) is 22.6. The normalized spacial score (nSPS) is 12.9. The molecular weight excluding hydrogens is 294 g/mol. The van der Waals surface area contributed by atoms with Crippen molar-refractivity contribution in [2.24, 2.45) is 5.41 Å². The van der Waals surface area contributed by atoms with E-state index in [9.17, 15) is 15.0 Å².